The number of ketones is 2. The number of aryl methyl sites for hydroxylation is 1. The van der Waals surface area contributed by atoms with E-state index < -0.39 is 35.6 Å². The molecule has 404 valence electrons. The van der Waals surface area contributed by atoms with Gasteiger partial charge in [0.25, 0.3) is 0 Å². The van der Waals surface area contributed by atoms with Crippen LogP contribution in [0.25, 0.3) is 10.8 Å². The molecule has 3 saturated carbocycles. The molecule has 3 aromatic carbocycles. The van der Waals surface area contributed by atoms with Gasteiger partial charge in [-0.15, -0.1) is 0 Å². The number of piperidine rings is 1. The summed E-state index contributed by atoms with van der Waals surface area (Å²) >= 11 is 0. The van der Waals surface area contributed by atoms with Gasteiger partial charge < -0.3 is 51.8 Å². The topological polar surface area (TPSA) is 202 Å². The number of nitrogens with one attached hydrogen (secondary N) is 4. The standard InChI is InChI=1S/C64H81N5O7/c1-5-66-34-50-48(25-43-33-69-51-31-44(70)30-49-45-19-23-68-62(45)61(50)59(43)60(49)51)40-17-21-64(56(74)28-40)20-16-39(47-32-52(71)54(76-4)27-38(47)13-15-55(64)73)26-53(72)63(75)46(14-10-35(2)3)58(42-18-22-67-57(65)29-42)41-12-11-36-8-6-7-9-37(36)24-41/h6-9,11-12,18-19,23-24,27,29,32,35,39-40,43,46,48-51,53,56,58-61,63,66-69,71-72,74-75H,5,10,13-15,17,21-22,25-26,28,30-31,33-34,65H2,1-4H3/t39-,40+,43+,46-,48-,49+,50-,51+,53+,56-,58+,59+,60+,61+,63-,64-/m1/s1. The van der Waals surface area contributed by atoms with Crippen LogP contribution in [0.1, 0.15) is 137 Å². The molecule has 2 aliphatic heterocycles. The Morgan fingerprint density at radius 2 is 1.79 bits per heavy atom. The van der Waals surface area contributed by atoms with Gasteiger partial charge in [0.1, 0.15) is 11.2 Å². The van der Waals surface area contributed by atoms with Crippen molar-refractivity contribution >= 4 is 22.3 Å². The molecule has 0 bridgehead atoms. The number of aliphatic hydroxyl groups excluding tert-OH is 3. The number of phenolic OH excluding ortho intramolecular Hbond substituents is 1. The quantitative estimate of drug-likeness (QED) is 0.0520. The maximum Gasteiger partial charge on any atom is 0.160 e. The first-order valence-corrected chi connectivity index (χ1v) is 28.8. The molecule has 16 atom stereocenters. The normalized spacial score (nSPS) is 32.4. The number of aromatic amines is 1. The van der Waals surface area contributed by atoms with E-state index in [1.807, 2.05) is 18.2 Å². The number of aliphatic hydroxyl groups is 3. The molecule has 12 nitrogen and oxygen atoms in total. The van der Waals surface area contributed by atoms with E-state index in [-0.39, 0.29) is 53.9 Å². The van der Waals surface area contributed by atoms with Crippen LogP contribution in [0.2, 0.25) is 0 Å². The van der Waals surface area contributed by atoms with Gasteiger partial charge in [0, 0.05) is 61.5 Å². The monoisotopic (exact) mass is 1030 g/mol. The van der Waals surface area contributed by atoms with E-state index in [4.69, 9.17) is 10.5 Å². The fourth-order valence-electron chi connectivity index (χ4n) is 16.3. The summed E-state index contributed by atoms with van der Waals surface area (Å²) in [6.07, 6.45) is 8.53. The van der Waals surface area contributed by atoms with E-state index >= 15 is 0 Å². The molecule has 1 saturated heterocycles. The largest absolute Gasteiger partial charge is 0.504 e. The van der Waals surface area contributed by atoms with Gasteiger partial charge in [-0.2, -0.15) is 0 Å². The predicted molar refractivity (Wildman–Crippen MR) is 296 cm³/mol. The lowest BCUT2D eigenvalue weighted by atomic mass is 9.46. The van der Waals surface area contributed by atoms with Crippen molar-refractivity contribution in [3.63, 3.8) is 0 Å². The van der Waals surface area contributed by atoms with Crippen LogP contribution in [0.4, 0.5) is 0 Å². The number of carbonyl (C=O) groups excluding carboxylic acids is 2. The lowest BCUT2D eigenvalue weighted by Crippen LogP contribution is -2.63. The number of benzene rings is 3. The molecule has 10 N–H and O–H groups in total. The zero-order valence-corrected chi connectivity index (χ0v) is 44.9. The molecule has 3 heterocycles. The summed E-state index contributed by atoms with van der Waals surface area (Å²) in [6.45, 7) is 9.67. The van der Waals surface area contributed by atoms with Crippen LogP contribution >= 0.6 is 0 Å². The fraction of sp³-hybridized carbons (Fsp3) is 0.562. The predicted octanol–water partition coefficient (Wildman–Crippen LogP) is 8.22. The maximum atomic E-state index is 15.0. The molecule has 0 radical (unpaired) electrons. The van der Waals surface area contributed by atoms with Gasteiger partial charge in [-0.05, 0) is 181 Å². The fourth-order valence-corrected chi connectivity index (χ4v) is 16.3. The van der Waals surface area contributed by atoms with Gasteiger partial charge in [0.2, 0.25) is 0 Å². The lowest BCUT2D eigenvalue weighted by molar-refractivity contribution is -0.137. The third-order valence-electron chi connectivity index (χ3n) is 19.9. The Kier molecular flexibility index (Phi) is 15.1. The third-order valence-corrected chi connectivity index (χ3v) is 19.9. The van der Waals surface area contributed by atoms with Crippen molar-refractivity contribution in [2.24, 2.45) is 58.5 Å². The molecular formula is C64H81N5O7. The first-order chi connectivity index (χ1) is 36.8. The Hall–Kier alpha value is -5.42. The molecule has 0 amide bonds. The van der Waals surface area contributed by atoms with Gasteiger partial charge in [0.05, 0.1) is 31.2 Å². The smallest absolute Gasteiger partial charge is 0.160 e. The van der Waals surface area contributed by atoms with E-state index in [1.54, 1.807) is 12.1 Å². The Balaban J connectivity index is 0.916. The number of Topliss-reactive ketones (excluding diaryl/α,β-unsaturated/α-hetero) is 2. The van der Waals surface area contributed by atoms with E-state index in [0.29, 0.717) is 104 Å². The molecule has 7 aliphatic rings. The van der Waals surface area contributed by atoms with Crippen LogP contribution < -0.4 is 26.4 Å². The highest BCUT2D eigenvalue weighted by molar-refractivity contribution is 5.89. The number of carbonyl (C=O) groups is 2. The van der Waals surface area contributed by atoms with Crippen LogP contribution in [-0.2, 0) is 16.0 Å². The average molecular weight is 1030 g/mol. The van der Waals surface area contributed by atoms with Crippen LogP contribution in [0.3, 0.4) is 0 Å². The molecule has 0 unspecified atom stereocenters. The maximum absolute atomic E-state index is 15.0. The molecule has 1 aromatic heterocycles. The van der Waals surface area contributed by atoms with Crippen molar-refractivity contribution in [3.8, 4) is 23.3 Å². The van der Waals surface area contributed by atoms with E-state index in [1.165, 1.54) is 18.4 Å². The average Bonchev–Trinajstić information content (AvgIpc) is 3.98. The molecule has 1 spiro atoms. The van der Waals surface area contributed by atoms with Crippen LogP contribution in [0.15, 0.2) is 90.4 Å². The minimum atomic E-state index is -1.32. The van der Waals surface area contributed by atoms with Crippen LogP contribution in [-0.4, -0.2) is 94.6 Å². The zero-order chi connectivity index (χ0) is 53.0. The van der Waals surface area contributed by atoms with Crippen molar-refractivity contribution in [3.05, 3.63) is 118 Å². The number of rotatable bonds is 15. The number of dihydropyridines is 1. The summed E-state index contributed by atoms with van der Waals surface area (Å²) in [5, 5.41) is 62.7. The van der Waals surface area contributed by atoms with Crippen molar-refractivity contribution in [1.82, 2.24) is 20.9 Å². The Morgan fingerprint density at radius 1 is 0.961 bits per heavy atom. The first kappa shape index (κ1) is 52.6. The number of fused-ring (bicyclic) bond motifs is 5. The van der Waals surface area contributed by atoms with Crippen LogP contribution in [0.5, 0.6) is 11.5 Å². The highest BCUT2D eigenvalue weighted by atomic mass is 16.5. The number of hydrogen-bond acceptors (Lipinski definition) is 11. The minimum absolute atomic E-state index is 0.0287. The van der Waals surface area contributed by atoms with Gasteiger partial charge >= 0.3 is 0 Å². The van der Waals surface area contributed by atoms with E-state index in [9.17, 15) is 30.0 Å². The van der Waals surface area contributed by atoms with Gasteiger partial charge in [0.15, 0.2) is 17.3 Å². The highest BCUT2D eigenvalue weighted by Gasteiger charge is 2.60. The van der Waals surface area contributed by atoms with E-state index in [0.717, 1.165) is 66.4 Å². The molecule has 5 aliphatic carbocycles. The summed E-state index contributed by atoms with van der Waals surface area (Å²) in [5.41, 5.74) is 11.2. The number of aromatic nitrogens is 1. The molecule has 4 fully saturated rings. The number of methoxy groups -OCH3 is 1. The number of hydrogen-bond donors (Lipinski definition) is 9. The summed E-state index contributed by atoms with van der Waals surface area (Å²) in [7, 11) is 1.50. The summed E-state index contributed by atoms with van der Waals surface area (Å²) in [6, 6.07) is 20.6. The number of H-pyrrole nitrogens is 1. The molecular weight excluding hydrogens is 951 g/mol. The molecule has 11 rings (SSSR count). The Bertz CT molecular complexity index is 2930. The van der Waals surface area contributed by atoms with Crippen molar-refractivity contribution < 1.29 is 34.8 Å². The molecule has 76 heavy (non-hydrogen) atoms. The SMILES string of the molecule is CCNC[C@@H]1[C@@H]([C@H]2CC[C@@]3(C#C[C@H](C[C@H](O)[C@H](O)[C@H](CCC(C)C)[C@H](C4=CCNC(N)=C4)c4ccc5ccccc5c4)c4cc(O)c(OC)cc4CCC3=O)[C@H](O)C2)C[C@H]2CN[C@H]3CC(=O)C[C@H]4c5cc[nH]c5[C@@H]1[C@@H]2[C@H]34. The van der Waals surface area contributed by atoms with Gasteiger partial charge in [-0.3, -0.25) is 9.59 Å². The second-order valence-electron chi connectivity index (χ2n) is 24.4. The Labute approximate surface area is 449 Å². The van der Waals surface area contributed by atoms with E-state index in [2.05, 4.69) is 102 Å². The van der Waals surface area contributed by atoms with Gasteiger partial charge in [-0.25, -0.2) is 0 Å². The minimum Gasteiger partial charge on any atom is -0.504 e. The second-order valence-corrected chi connectivity index (χ2v) is 24.4. The first-order valence-electron chi connectivity index (χ1n) is 28.8. The van der Waals surface area contributed by atoms with Crippen molar-refractivity contribution in [1.29, 1.82) is 0 Å². The molecule has 12 heteroatoms. The second kappa shape index (κ2) is 21.8. The third kappa shape index (κ3) is 9.71. The zero-order valence-electron chi connectivity index (χ0n) is 44.9. The highest BCUT2D eigenvalue weighted by Crippen LogP contribution is 2.63. The number of nitrogens with two attached hydrogens (primary N) is 1. The van der Waals surface area contributed by atoms with Crippen LogP contribution in [0, 0.1) is 64.6 Å². The summed E-state index contributed by atoms with van der Waals surface area (Å²) < 4.78 is 5.61. The number of aromatic hydroxyl groups is 1. The Morgan fingerprint density at radius 3 is 2.57 bits per heavy atom. The molecule has 4 aromatic rings. The van der Waals surface area contributed by atoms with Crippen molar-refractivity contribution in [2.45, 2.75) is 139 Å². The summed E-state index contributed by atoms with van der Waals surface area (Å²) in [5.74, 6) is 9.58. The number of ether oxygens (including phenoxy) is 1. The number of phenols is 1. The number of allylic oxidation sites excluding steroid dienone is 2. The lowest BCUT2D eigenvalue weighted by Gasteiger charge is -2.61. The van der Waals surface area contributed by atoms with Crippen molar-refractivity contribution in [2.75, 3.05) is 33.3 Å². The summed E-state index contributed by atoms with van der Waals surface area (Å²) in [4.78, 5) is 31.9. The van der Waals surface area contributed by atoms with Gasteiger partial charge in [-0.1, -0.05) is 87.6 Å².